The molecule has 1 fully saturated rings. The van der Waals surface area contributed by atoms with Gasteiger partial charge in [0.1, 0.15) is 17.1 Å². The van der Waals surface area contributed by atoms with Crippen LogP contribution in [0.2, 0.25) is 0 Å². The van der Waals surface area contributed by atoms with Crippen molar-refractivity contribution in [3.05, 3.63) is 108 Å². The molecule has 6 rings (SSSR count). The Morgan fingerprint density at radius 2 is 1.73 bits per heavy atom. The van der Waals surface area contributed by atoms with Crippen molar-refractivity contribution >= 4 is 15.9 Å². The van der Waals surface area contributed by atoms with Crippen molar-refractivity contribution < 1.29 is 27.1 Å². The number of rotatable bonds is 7. The molecule has 1 spiro atoms. The number of amides is 1. The molecule has 2 aromatic heterocycles. The van der Waals surface area contributed by atoms with Crippen LogP contribution < -0.4 is 4.74 Å². The largest absolute Gasteiger partial charge is 0.487 e. The Labute approximate surface area is 239 Å². The van der Waals surface area contributed by atoms with Gasteiger partial charge in [-0.05, 0) is 71.5 Å². The van der Waals surface area contributed by atoms with E-state index >= 15 is 0 Å². The summed E-state index contributed by atoms with van der Waals surface area (Å²) in [5.74, 6) is 1.42. The highest BCUT2D eigenvalue weighted by atomic mass is 32.2. The average Bonchev–Trinajstić information content (AvgIpc) is 3.50. The minimum Gasteiger partial charge on any atom is -0.487 e. The predicted molar refractivity (Wildman–Crippen MR) is 154 cm³/mol. The molecule has 1 amide bonds. The van der Waals surface area contributed by atoms with E-state index in [1.54, 1.807) is 47.7 Å². The lowest BCUT2D eigenvalue weighted by molar-refractivity contribution is -0.0156. The number of carbonyl (C=O) groups excluding carboxylic acids is 1. The van der Waals surface area contributed by atoms with Crippen LogP contribution in [0.5, 0.6) is 5.75 Å². The second kappa shape index (κ2) is 11.4. The topological polar surface area (TPSA) is 98.9 Å². The number of aryl methyl sites for hydroxylation is 1. The van der Waals surface area contributed by atoms with Crippen molar-refractivity contribution in [1.29, 1.82) is 0 Å². The number of sulfone groups is 1. The number of fused-ring (bicyclic) bond motifs is 1. The van der Waals surface area contributed by atoms with E-state index in [1.807, 2.05) is 36.4 Å². The number of pyridine rings is 1. The van der Waals surface area contributed by atoms with Gasteiger partial charge in [-0.1, -0.05) is 36.4 Å². The Morgan fingerprint density at radius 3 is 2.46 bits per heavy atom. The molecule has 41 heavy (non-hydrogen) atoms. The van der Waals surface area contributed by atoms with E-state index in [0.717, 1.165) is 53.7 Å². The van der Waals surface area contributed by atoms with Gasteiger partial charge in [-0.25, -0.2) is 13.2 Å². The van der Waals surface area contributed by atoms with E-state index in [1.165, 1.54) is 0 Å². The van der Waals surface area contributed by atoms with Crippen LogP contribution in [0.1, 0.15) is 41.8 Å². The van der Waals surface area contributed by atoms with Gasteiger partial charge >= 0.3 is 6.09 Å². The van der Waals surface area contributed by atoms with Gasteiger partial charge in [0.2, 0.25) is 0 Å². The van der Waals surface area contributed by atoms with Gasteiger partial charge in [-0.2, -0.15) is 0 Å². The Bertz CT molecular complexity index is 1590. The smallest absolute Gasteiger partial charge is 0.410 e. The number of benzene rings is 2. The van der Waals surface area contributed by atoms with Crippen molar-refractivity contribution in [3.8, 4) is 16.9 Å². The highest BCUT2D eigenvalue weighted by molar-refractivity contribution is 7.89. The molecule has 8 nitrogen and oxygen atoms in total. The van der Waals surface area contributed by atoms with Crippen LogP contribution in [0.25, 0.3) is 11.1 Å². The van der Waals surface area contributed by atoms with Gasteiger partial charge < -0.3 is 18.8 Å². The Balaban J connectivity index is 1.05. The summed E-state index contributed by atoms with van der Waals surface area (Å²) < 4.78 is 42.5. The molecule has 0 bridgehead atoms. The van der Waals surface area contributed by atoms with E-state index in [0.29, 0.717) is 24.5 Å². The first kappa shape index (κ1) is 27.1. The fourth-order valence-corrected chi connectivity index (χ4v) is 7.00. The molecule has 9 heteroatoms. The summed E-state index contributed by atoms with van der Waals surface area (Å²) in [6.45, 7) is 1.32. The molecule has 4 aromatic rings. The van der Waals surface area contributed by atoms with Crippen molar-refractivity contribution in [3.63, 3.8) is 0 Å². The first-order chi connectivity index (χ1) is 19.9. The molecule has 2 aliphatic heterocycles. The number of likely N-dealkylation sites (tertiary alicyclic amines) is 1. The number of furan rings is 1. The van der Waals surface area contributed by atoms with Crippen LogP contribution in [0, 0.1) is 0 Å². The maximum Gasteiger partial charge on any atom is 0.410 e. The number of hydrogen-bond acceptors (Lipinski definition) is 7. The fraction of sp³-hybridized carbons (Fsp3) is 0.312. The van der Waals surface area contributed by atoms with Crippen LogP contribution in [-0.2, 0) is 39.1 Å². The van der Waals surface area contributed by atoms with Crippen LogP contribution in [-0.4, -0.2) is 43.1 Å². The lowest BCUT2D eigenvalue weighted by Gasteiger charge is -2.44. The minimum atomic E-state index is -3.32. The molecule has 2 aromatic carbocycles. The number of piperidine rings is 1. The van der Waals surface area contributed by atoms with Gasteiger partial charge in [0.25, 0.3) is 0 Å². The number of aromatic nitrogens is 1. The van der Waals surface area contributed by atoms with Crippen LogP contribution >= 0.6 is 0 Å². The normalized spacial score (nSPS) is 16.1. The zero-order valence-electron chi connectivity index (χ0n) is 22.7. The van der Waals surface area contributed by atoms with Gasteiger partial charge in [0.05, 0.1) is 23.5 Å². The quantitative estimate of drug-likeness (QED) is 0.270. The third-order valence-corrected chi connectivity index (χ3v) is 9.36. The highest BCUT2D eigenvalue weighted by Crippen LogP contribution is 2.41. The van der Waals surface area contributed by atoms with E-state index in [2.05, 4.69) is 11.1 Å². The molecule has 0 saturated carbocycles. The lowest BCUT2D eigenvalue weighted by atomic mass is 9.82. The number of ether oxygens (including phenoxy) is 2. The molecule has 212 valence electrons. The van der Waals surface area contributed by atoms with Crippen molar-refractivity contribution in [2.75, 3.05) is 13.1 Å². The average molecular weight is 573 g/mol. The second-order valence-corrected chi connectivity index (χ2v) is 12.8. The minimum absolute atomic E-state index is 0.0247. The Kier molecular flexibility index (Phi) is 7.53. The van der Waals surface area contributed by atoms with E-state index in [4.69, 9.17) is 13.9 Å². The van der Waals surface area contributed by atoms with Crippen LogP contribution in [0.4, 0.5) is 4.79 Å². The van der Waals surface area contributed by atoms with Gasteiger partial charge in [0.15, 0.2) is 16.4 Å². The third-order valence-electron chi connectivity index (χ3n) is 7.86. The molecular formula is C32H32N2O6S. The molecule has 0 radical (unpaired) electrons. The molecule has 0 N–H and O–H groups in total. The summed E-state index contributed by atoms with van der Waals surface area (Å²) in [6.07, 6.45) is 6.15. The standard InChI is InChI=1S/C32H32N2O6S/c35-31(39-21-29-5-3-19-38-29)34-17-14-32(15-18-34)13-12-27-20-26(10-11-30(27)40-32)25-8-6-24(7-9-25)22-41(36,37)23-28-4-1-2-16-33-28/h1-11,16,19-20H,12-15,17-18,21-23H2. The zero-order chi connectivity index (χ0) is 28.3. The molecule has 4 heterocycles. The van der Waals surface area contributed by atoms with E-state index < -0.39 is 9.84 Å². The SMILES string of the molecule is O=C(OCc1ccco1)N1CCC2(CCc3cc(-c4ccc(CS(=O)(=O)Cc5ccccn5)cc4)ccc3O2)CC1. The van der Waals surface area contributed by atoms with Crippen molar-refractivity contribution in [1.82, 2.24) is 9.88 Å². The summed E-state index contributed by atoms with van der Waals surface area (Å²) in [5, 5.41) is 0. The Morgan fingerprint density at radius 1 is 0.927 bits per heavy atom. The first-order valence-corrected chi connectivity index (χ1v) is 15.6. The number of hydrogen-bond donors (Lipinski definition) is 0. The maximum absolute atomic E-state index is 12.7. The summed E-state index contributed by atoms with van der Waals surface area (Å²) in [4.78, 5) is 18.4. The third kappa shape index (κ3) is 6.46. The zero-order valence-corrected chi connectivity index (χ0v) is 23.5. The lowest BCUT2D eigenvalue weighted by Crippen LogP contribution is -2.51. The first-order valence-electron chi connectivity index (χ1n) is 13.8. The van der Waals surface area contributed by atoms with Crippen molar-refractivity contribution in [2.24, 2.45) is 0 Å². The molecule has 0 unspecified atom stereocenters. The fourth-order valence-electron chi connectivity index (χ4n) is 5.58. The van der Waals surface area contributed by atoms with Gasteiger partial charge in [0, 0.05) is 32.1 Å². The van der Waals surface area contributed by atoms with Crippen LogP contribution in [0.15, 0.2) is 89.7 Å². The predicted octanol–water partition coefficient (Wildman–Crippen LogP) is 5.95. The molecular weight excluding hydrogens is 540 g/mol. The van der Waals surface area contributed by atoms with Crippen LogP contribution in [0.3, 0.4) is 0 Å². The summed E-state index contributed by atoms with van der Waals surface area (Å²) in [6, 6.07) is 22.8. The van der Waals surface area contributed by atoms with Gasteiger partial charge in [-0.15, -0.1) is 0 Å². The van der Waals surface area contributed by atoms with Gasteiger partial charge in [-0.3, -0.25) is 4.98 Å². The second-order valence-electron chi connectivity index (χ2n) is 10.8. The number of nitrogens with zero attached hydrogens (tertiary/aromatic N) is 2. The monoisotopic (exact) mass is 572 g/mol. The van der Waals surface area contributed by atoms with Crippen molar-refractivity contribution in [2.45, 2.75) is 49.4 Å². The maximum atomic E-state index is 12.7. The summed E-state index contributed by atoms with van der Waals surface area (Å²) >= 11 is 0. The summed E-state index contributed by atoms with van der Waals surface area (Å²) in [5.41, 5.74) is 4.30. The summed E-state index contributed by atoms with van der Waals surface area (Å²) in [7, 11) is -3.32. The number of carbonyl (C=O) groups is 1. The molecule has 0 aliphatic carbocycles. The Hall–Kier alpha value is -4.11. The van der Waals surface area contributed by atoms with E-state index in [-0.39, 0.29) is 29.8 Å². The highest BCUT2D eigenvalue weighted by Gasteiger charge is 2.40. The molecule has 2 aliphatic rings. The van der Waals surface area contributed by atoms with E-state index in [9.17, 15) is 13.2 Å². The molecule has 0 atom stereocenters. The molecule has 1 saturated heterocycles.